The first-order chi connectivity index (χ1) is 11.8. The Morgan fingerprint density at radius 2 is 1.80 bits per heavy atom. The van der Waals surface area contributed by atoms with Crippen molar-refractivity contribution in [3.05, 3.63) is 35.4 Å². The summed E-state index contributed by atoms with van der Waals surface area (Å²) in [6.45, 7) is 12.9. The van der Waals surface area contributed by atoms with Crippen LogP contribution < -0.4 is 5.32 Å². The minimum absolute atomic E-state index is 0.0104. The number of nitrogens with zero attached hydrogens (tertiary/aromatic N) is 2. The van der Waals surface area contributed by atoms with Crippen molar-refractivity contribution in [2.24, 2.45) is 5.41 Å². The van der Waals surface area contributed by atoms with E-state index in [9.17, 15) is 9.59 Å². The third-order valence-electron chi connectivity index (χ3n) is 4.51. The maximum atomic E-state index is 12.7. The van der Waals surface area contributed by atoms with Crippen LogP contribution in [0.3, 0.4) is 0 Å². The van der Waals surface area contributed by atoms with Crippen molar-refractivity contribution in [2.45, 2.75) is 40.7 Å². The fraction of sp³-hybridized carbons (Fsp3) is 0.600. The molecule has 1 aromatic carbocycles. The number of hydrogen-bond donors (Lipinski definition) is 1. The fourth-order valence-electron chi connectivity index (χ4n) is 2.94. The van der Waals surface area contributed by atoms with E-state index in [1.54, 1.807) is 0 Å². The molecule has 2 rings (SSSR count). The third-order valence-corrected chi connectivity index (χ3v) is 4.51. The predicted octanol–water partition coefficient (Wildman–Crippen LogP) is 2.52. The van der Waals surface area contributed by atoms with Crippen LogP contribution in [-0.2, 0) is 11.3 Å². The second-order valence-electron chi connectivity index (χ2n) is 7.77. The smallest absolute Gasteiger partial charge is 0.253 e. The summed E-state index contributed by atoms with van der Waals surface area (Å²) in [6.07, 6.45) is 1.15. The quantitative estimate of drug-likeness (QED) is 0.892. The zero-order chi connectivity index (χ0) is 18.4. The maximum absolute atomic E-state index is 12.7. The van der Waals surface area contributed by atoms with E-state index in [1.165, 1.54) is 0 Å². The number of carbonyl (C=O) groups is 2. The summed E-state index contributed by atoms with van der Waals surface area (Å²) in [5.41, 5.74) is 1.24. The zero-order valence-corrected chi connectivity index (χ0v) is 16.0. The monoisotopic (exact) mass is 345 g/mol. The lowest BCUT2D eigenvalue weighted by atomic mass is 9.95. The lowest BCUT2D eigenvalue weighted by Crippen LogP contribution is -2.48. The van der Waals surface area contributed by atoms with Gasteiger partial charge in [0.25, 0.3) is 5.91 Å². The van der Waals surface area contributed by atoms with Crippen LogP contribution in [0.4, 0.5) is 0 Å². The third kappa shape index (κ3) is 5.56. The molecule has 5 nitrogen and oxygen atoms in total. The molecule has 2 amide bonds. The van der Waals surface area contributed by atoms with Crippen molar-refractivity contribution in [2.75, 3.05) is 32.7 Å². The van der Waals surface area contributed by atoms with Crippen LogP contribution in [0.15, 0.2) is 24.3 Å². The van der Waals surface area contributed by atoms with Crippen LogP contribution in [0.2, 0.25) is 0 Å². The van der Waals surface area contributed by atoms with Gasteiger partial charge in [-0.2, -0.15) is 0 Å². The molecule has 0 saturated carbocycles. The molecule has 1 aliphatic heterocycles. The number of piperazine rings is 1. The minimum atomic E-state index is -0.411. The number of carbonyl (C=O) groups excluding carboxylic acids is 2. The zero-order valence-electron chi connectivity index (χ0n) is 16.0. The molecule has 0 aromatic heterocycles. The molecule has 0 unspecified atom stereocenters. The largest absolute Gasteiger partial charge is 0.352 e. The Morgan fingerprint density at radius 1 is 1.12 bits per heavy atom. The van der Waals surface area contributed by atoms with Gasteiger partial charge < -0.3 is 10.2 Å². The molecule has 25 heavy (non-hydrogen) atoms. The Kier molecular flexibility index (Phi) is 6.59. The highest BCUT2D eigenvalue weighted by Gasteiger charge is 2.22. The number of rotatable bonds is 5. The molecular weight excluding hydrogens is 314 g/mol. The van der Waals surface area contributed by atoms with Crippen molar-refractivity contribution in [1.29, 1.82) is 0 Å². The Morgan fingerprint density at radius 3 is 2.40 bits per heavy atom. The molecule has 1 N–H and O–H groups in total. The molecule has 1 heterocycles. The standard InChI is InChI=1S/C20H31N3O2/c1-5-9-22-10-12-23(13-11-22)18(24)17-8-6-7-16(14-17)15-21-19(25)20(2,3)4/h6-8,14H,5,9-13,15H2,1-4H3,(H,21,25). The van der Waals surface area contributed by atoms with E-state index >= 15 is 0 Å². The Labute approximate surface area is 151 Å². The van der Waals surface area contributed by atoms with Crippen LogP contribution in [0.1, 0.15) is 50.0 Å². The van der Waals surface area contributed by atoms with Crippen LogP contribution in [-0.4, -0.2) is 54.3 Å². The lowest BCUT2D eigenvalue weighted by Gasteiger charge is -2.34. The number of benzene rings is 1. The summed E-state index contributed by atoms with van der Waals surface area (Å²) < 4.78 is 0. The van der Waals surface area contributed by atoms with Crippen LogP contribution in [0.25, 0.3) is 0 Å². The minimum Gasteiger partial charge on any atom is -0.352 e. The van der Waals surface area contributed by atoms with E-state index in [0.717, 1.165) is 44.7 Å². The van der Waals surface area contributed by atoms with Gasteiger partial charge in [0.1, 0.15) is 0 Å². The van der Waals surface area contributed by atoms with Gasteiger partial charge in [-0.25, -0.2) is 0 Å². The average molecular weight is 345 g/mol. The molecule has 0 atom stereocenters. The summed E-state index contributed by atoms with van der Waals surface area (Å²) >= 11 is 0. The van der Waals surface area contributed by atoms with Gasteiger partial charge >= 0.3 is 0 Å². The highest BCUT2D eigenvalue weighted by molar-refractivity contribution is 5.94. The first kappa shape index (κ1) is 19.4. The summed E-state index contributed by atoms with van der Waals surface area (Å²) in [5.74, 6) is 0.0939. The molecule has 1 aromatic rings. The van der Waals surface area contributed by atoms with Crippen LogP contribution in [0.5, 0.6) is 0 Å². The molecule has 0 aliphatic carbocycles. The summed E-state index contributed by atoms with van der Waals surface area (Å²) in [6, 6.07) is 7.58. The molecule has 138 valence electrons. The molecule has 0 radical (unpaired) electrons. The Hall–Kier alpha value is -1.88. The van der Waals surface area contributed by atoms with Gasteiger partial charge in [-0.1, -0.05) is 39.8 Å². The Balaban J connectivity index is 1.94. The molecular formula is C20H31N3O2. The molecule has 0 spiro atoms. The van der Waals surface area contributed by atoms with Gasteiger partial charge in [-0.15, -0.1) is 0 Å². The SMILES string of the molecule is CCCN1CCN(C(=O)c2cccc(CNC(=O)C(C)(C)C)c2)CC1. The lowest BCUT2D eigenvalue weighted by molar-refractivity contribution is -0.128. The summed E-state index contributed by atoms with van der Waals surface area (Å²) in [7, 11) is 0. The molecule has 0 bridgehead atoms. The average Bonchev–Trinajstić information content (AvgIpc) is 2.59. The van der Waals surface area contributed by atoms with E-state index in [1.807, 2.05) is 49.9 Å². The second-order valence-corrected chi connectivity index (χ2v) is 7.77. The van der Waals surface area contributed by atoms with Gasteiger partial charge in [0.15, 0.2) is 0 Å². The predicted molar refractivity (Wildman–Crippen MR) is 100 cm³/mol. The first-order valence-corrected chi connectivity index (χ1v) is 9.20. The molecule has 1 fully saturated rings. The van der Waals surface area contributed by atoms with Crippen molar-refractivity contribution in [1.82, 2.24) is 15.1 Å². The number of nitrogens with one attached hydrogen (secondary N) is 1. The second kappa shape index (κ2) is 8.48. The number of hydrogen-bond acceptors (Lipinski definition) is 3. The van der Waals surface area contributed by atoms with E-state index < -0.39 is 5.41 Å². The van der Waals surface area contributed by atoms with Gasteiger partial charge in [-0.05, 0) is 30.7 Å². The first-order valence-electron chi connectivity index (χ1n) is 9.20. The highest BCUT2D eigenvalue weighted by Crippen LogP contribution is 2.14. The van der Waals surface area contributed by atoms with E-state index in [4.69, 9.17) is 0 Å². The highest BCUT2D eigenvalue weighted by atomic mass is 16.2. The van der Waals surface area contributed by atoms with E-state index in [0.29, 0.717) is 12.1 Å². The van der Waals surface area contributed by atoms with Gasteiger partial charge in [0, 0.05) is 43.7 Å². The summed E-state index contributed by atoms with van der Waals surface area (Å²) in [4.78, 5) is 29.1. The van der Waals surface area contributed by atoms with Crippen molar-refractivity contribution < 1.29 is 9.59 Å². The fourth-order valence-corrected chi connectivity index (χ4v) is 2.94. The maximum Gasteiger partial charge on any atom is 0.253 e. The van der Waals surface area contributed by atoms with Crippen molar-refractivity contribution >= 4 is 11.8 Å². The van der Waals surface area contributed by atoms with E-state index in [2.05, 4.69) is 17.1 Å². The normalized spacial score (nSPS) is 15.9. The molecule has 1 aliphatic rings. The van der Waals surface area contributed by atoms with Crippen LogP contribution in [0, 0.1) is 5.41 Å². The van der Waals surface area contributed by atoms with Crippen molar-refractivity contribution in [3.63, 3.8) is 0 Å². The molecule has 1 saturated heterocycles. The van der Waals surface area contributed by atoms with E-state index in [-0.39, 0.29) is 11.8 Å². The van der Waals surface area contributed by atoms with Crippen LogP contribution >= 0.6 is 0 Å². The Bertz CT molecular complexity index is 599. The van der Waals surface area contributed by atoms with Gasteiger partial charge in [0.05, 0.1) is 0 Å². The van der Waals surface area contributed by atoms with Gasteiger partial charge in [0.2, 0.25) is 5.91 Å². The topological polar surface area (TPSA) is 52.6 Å². The number of amides is 2. The van der Waals surface area contributed by atoms with Crippen molar-refractivity contribution in [3.8, 4) is 0 Å². The summed E-state index contributed by atoms with van der Waals surface area (Å²) in [5, 5.41) is 2.93. The van der Waals surface area contributed by atoms with Gasteiger partial charge in [-0.3, -0.25) is 14.5 Å². The molecule has 5 heteroatoms.